The van der Waals surface area contributed by atoms with E-state index in [1.54, 1.807) is 24.3 Å². The highest BCUT2D eigenvalue weighted by molar-refractivity contribution is 7.92. The van der Waals surface area contributed by atoms with Crippen molar-refractivity contribution >= 4 is 21.6 Å². The fourth-order valence-electron chi connectivity index (χ4n) is 4.38. The predicted molar refractivity (Wildman–Crippen MR) is 102 cm³/mol. The monoisotopic (exact) mass is 380 g/mol. The average molecular weight is 381 g/mol. The molecular weight excluding hydrogens is 352 g/mol. The maximum Gasteiger partial charge on any atom is 0.232 e. The third-order valence-electron chi connectivity index (χ3n) is 5.60. The van der Waals surface area contributed by atoms with Crippen molar-refractivity contribution in [2.24, 2.45) is 11.8 Å². The van der Waals surface area contributed by atoms with Gasteiger partial charge in [-0.2, -0.15) is 0 Å². The Morgan fingerprint density at radius 3 is 2.65 bits per heavy atom. The molecule has 0 spiro atoms. The van der Waals surface area contributed by atoms with Gasteiger partial charge in [0.2, 0.25) is 15.9 Å². The van der Waals surface area contributed by atoms with Crippen molar-refractivity contribution in [3.05, 3.63) is 24.3 Å². The average Bonchev–Trinajstić information content (AvgIpc) is 3.20. The molecule has 3 rings (SSSR count). The van der Waals surface area contributed by atoms with E-state index in [2.05, 4.69) is 5.32 Å². The van der Waals surface area contributed by atoms with E-state index in [4.69, 9.17) is 4.74 Å². The third-order valence-corrected chi connectivity index (χ3v) is 6.78. The van der Waals surface area contributed by atoms with Crippen molar-refractivity contribution in [3.63, 3.8) is 0 Å². The van der Waals surface area contributed by atoms with Gasteiger partial charge >= 0.3 is 0 Å². The number of hydrogen-bond acceptors (Lipinski definition) is 4. The Bertz CT molecular complexity index is 750. The number of methoxy groups -OCH3 is 1. The van der Waals surface area contributed by atoms with Crippen LogP contribution in [0.5, 0.6) is 5.75 Å². The van der Waals surface area contributed by atoms with Gasteiger partial charge in [0.05, 0.1) is 19.1 Å². The Balaban J connectivity index is 1.56. The van der Waals surface area contributed by atoms with E-state index < -0.39 is 10.0 Å². The van der Waals surface area contributed by atoms with Crippen molar-refractivity contribution in [1.29, 1.82) is 0 Å². The van der Waals surface area contributed by atoms with Crippen LogP contribution in [0.15, 0.2) is 24.3 Å². The highest BCUT2D eigenvalue weighted by atomic mass is 32.2. The molecule has 7 heteroatoms. The van der Waals surface area contributed by atoms with Crippen molar-refractivity contribution in [3.8, 4) is 5.75 Å². The minimum Gasteiger partial charge on any atom is -0.495 e. The van der Waals surface area contributed by atoms with E-state index in [9.17, 15) is 13.2 Å². The second kappa shape index (κ2) is 7.86. The molecule has 2 aliphatic carbocycles. The fourth-order valence-corrected chi connectivity index (χ4v) is 5.35. The first-order valence-corrected chi connectivity index (χ1v) is 11.1. The lowest BCUT2D eigenvalue weighted by atomic mass is 9.95. The number of sulfonamides is 1. The summed E-state index contributed by atoms with van der Waals surface area (Å²) < 4.78 is 31.0. The molecule has 6 nitrogen and oxygen atoms in total. The molecule has 0 unspecified atom stereocenters. The molecule has 1 aromatic rings. The van der Waals surface area contributed by atoms with Gasteiger partial charge in [-0.1, -0.05) is 18.6 Å². The van der Waals surface area contributed by atoms with Crippen LogP contribution in [-0.4, -0.2) is 40.3 Å². The van der Waals surface area contributed by atoms with Gasteiger partial charge in [0.1, 0.15) is 5.75 Å². The standard InChI is InChI=1S/C19H28N2O4S/c1-25-18-7-4-3-6-17(18)21(26(2,23)24)11-5-8-19(22)20-16-13-14-9-10-15(16)12-14/h3-4,6-7,14-16H,5,8-13H2,1-2H3,(H,20,22)/t14-,15-,16+/m0/s1. The number of ether oxygens (including phenoxy) is 1. The second-order valence-electron chi connectivity index (χ2n) is 7.46. The first kappa shape index (κ1) is 19.0. The minimum atomic E-state index is -3.46. The lowest BCUT2D eigenvalue weighted by Crippen LogP contribution is -2.39. The van der Waals surface area contributed by atoms with E-state index >= 15 is 0 Å². The molecule has 0 radical (unpaired) electrons. The Kier molecular flexibility index (Phi) is 5.75. The van der Waals surface area contributed by atoms with Gasteiger partial charge < -0.3 is 10.1 Å². The van der Waals surface area contributed by atoms with Crippen molar-refractivity contribution in [2.45, 2.75) is 44.6 Å². The number of rotatable bonds is 8. The number of hydrogen-bond donors (Lipinski definition) is 1. The number of anilines is 1. The molecule has 2 aliphatic rings. The van der Waals surface area contributed by atoms with Crippen LogP contribution in [0.2, 0.25) is 0 Å². The summed E-state index contributed by atoms with van der Waals surface area (Å²) in [5.41, 5.74) is 0.506. The highest BCUT2D eigenvalue weighted by Crippen LogP contribution is 2.44. The zero-order valence-electron chi connectivity index (χ0n) is 15.5. The quantitative estimate of drug-likeness (QED) is 0.752. The lowest BCUT2D eigenvalue weighted by Gasteiger charge is -2.25. The third kappa shape index (κ3) is 4.31. The number of nitrogens with zero attached hydrogens (tertiary/aromatic N) is 1. The normalized spacial score (nSPS) is 24.5. The molecule has 0 aromatic heterocycles. The molecule has 144 valence electrons. The summed E-state index contributed by atoms with van der Waals surface area (Å²) in [4.78, 5) is 12.3. The van der Waals surface area contributed by atoms with Crippen LogP contribution in [-0.2, 0) is 14.8 Å². The van der Waals surface area contributed by atoms with E-state index in [1.165, 1.54) is 36.9 Å². The van der Waals surface area contributed by atoms with Crippen molar-refractivity contribution < 1.29 is 17.9 Å². The molecule has 0 aliphatic heterocycles. The van der Waals surface area contributed by atoms with Gasteiger partial charge in [-0.25, -0.2) is 8.42 Å². The zero-order chi connectivity index (χ0) is 18.7. The van der Waals surface area contributed by atoms with E-state index in [1.807, 2.05) is 0 Å². The maximum absolute atomic E-state index is 12.3. The molecule has 0 heterocycles. The lowest BCUT2D eigenvalue weighted by molar-refractivity contribution is -0.122. The summed E-state index contributed by atoms with van der Waals surface area (Å²) in [6.07, 6.45) is 6.86. The highest BCUT2D eigenvalue weighted by Gasteiger charge is 2.39. The summed E-state index contributed by atoms with van der Waals surface area (Å²) in [6.45, 7) is 0.253. The van der Waals surface area contributed by atoms with Crippen LogP contribution in [0.4, 0.5) is 5.69 Å². The van der Waals surface area contributed by atoms with Crippen LogP contribution in [0, 0.1) is 11.8 Å². The molecule has 0 saturated heterocycles. The van der Waals surface area contributed by atoms with Gasteiger partial charge in [0, 0.05) is 19.0 Å². The zero-order valence-corrected chi connectivity index (χ0v) is 16.3. The van der Waals surface area contributed by atoms with Crippen LogP contribution in [0.25, 0.3) is 0 Å². The number of carbonyl (C=O) groups is 1. The van der Waals surface area contributed by atoms with Crippen molar-refractivity contribution in [1.82, 2.24) is 5.32 Å². The maximum atomic E-state index is 12.3. The number of para-hydroxylation sites is 2. The van der Waals surface area contributed by atoms with E-state index in [0.29, 0.717) is 36.2 Å². The van der Waals surface area contributed by atoms with Crippen LogP contribution >= 0.6 is 0 Å². The number of amides is 1. The van der Waals surface area contributed by atoms with Crippen LogP contribution < -0.4 is 14.4 Å². The summed E-state index contributed by atoms with van der Waals surface area (Å²) in [6, 6.07) is 7.34. The number of fused-ring (bicyclic) bond motifs is 2. The second-order valence-corrected chi connectivity index (χ2v) is 9.37. The van der Waals surface area contributed by atoms with E-state index in [-0.39, 0.29) is 12.5 Å². The fraction of sp³-hybridized carbons (Fsp3) is 0.632. The summed E-state index contributed by atoms with van der Waals surface area (Å²) in [5, 5.41) is 3.15. The minimum absolute atomic E-state index is 0.0241. The number of carbonyl (C=O) groups excluding carboxylic acids is 1. The molecule has 2 saturated carbocycles. The molecule has 3 atom stereocenters. The molecule has 1 N–H and O–H groups in total. The molecule has 1 aromatic carbocycles. The van der Waals surface area contributed by atoms with Gasteiger partial charge in [-0.3, -0.25) is 9.10 Å². The Hall–Kier alpha value is -1.76. The summed E-state index contributed by atoms with van der Waals surface area (Å²) in [7, 11) is -1.94. The van der Waals surface area contributed by atoms with Crippen molar-refractivity contribution in [2.75, 3.05) is 24.2 Å². The van der Waals surface area contributed by atoms with Gasteiger partial charge in [-0.15, -0.1) is 0 Å². The van der Waals surface area contributed by atoms with Gasteiger partial charge in [0.15, 0.2) is 0 Å². The Labute approximate surface area is 156 Å². The number of nitrogens with one attached hydrogen (secondary N) is 1. The first-order valence-electron chi connectivity index (χ1n) is 9.28. The molecular formula is C19H28N2O4S. The molecule has 2 bridgehead atoms. The first-order chi connectivity index (χ1) is 12.4. The largest absolute Gasteiger partial charge is 0.495 e. The summed E-state index contributed by atoms with van der Waals surface area (Å²) >= 11 is 0. The Morgan fingerprint density at radius 1 is 1.27 bits per heavy atom. The van der Waals surface area contributed by atoms with Gasteiger partial charge in [0.25, 0.3) is 0 Å². The Morgan fingerprint density at radius 2 is 2.04 bits per heavy atom. The summed E-state index contributed by atoms with van der Waals surface area (Å²) in [5.74, 6) is 1.96. The molecule has 2 fully saturated rings. The molecule has 26 heavy (non-hydrogen) atoms. The predicted octanol–water partition coefficient (Wildman–Crippen LogP) is 2.55. The van der Waals surface area contributed by atoms with E-state index in [0.717, 1.165) is 12.3 Å². The number of benzene rings is 1. The van der Waals surface area contributed by atoms with Crippen LogP contribution in [0.3, 0.4) is 0 Å². The SMILES string of the molecule is COc1ccccc1N(CCCC(=O)N[C@@H]1C[C@H]2CC[C@H]1C2)S(C)(=O)=O. The topological polar surface area (TPSA) is 75.7 Å². The molecule has 1 amide bonds. The van der Waals surface area contributed by atoms with Gasteiger partial charge in [-0.05, 0) is 49.7 Å². The smallest absolute Gasteiger partial charge is 0.232 e. The van der Waals surface area contributed by atoms with Crippen LogP contribution in [0.1, 0.15) is 38.5 Å².